The van der Waals surface area contributed by atoms with Crippen molar-refractivity contribution in [3.05, 3.63) is 41.6 Å². The molecule has 0 aliphatic rings. The lowest BCUT2D eigenvalue weighted by molar-refractivity contribution is 0.0995. The summed E-state index contributed by atoms with van der Waals surface area (Å²) in [4.78, 5) is 10.9. The zero-order valence-electron chi connectivity index (χ0n) is 10.4. The van der Waals surface area contributed by atoms with Gasteiger partial charge in [0, 0.05) is 11.8 Å². The lowest BCUT2D eigenvalue weighted by Crippen LogP contribution is -2.10. The van der Waals surface area contributed by atoms with E-state index in [2.05, 4.69) is 41.5 Å². The Balaban J connectivity index is 2.17. The second-order valence-electron chi connectivity index (χ2n) is 4.44. The molecule has 1 heterocycles. The molecule has 2 aromatic rings. The van der Waals surface area contributed by atoms with Crippen LogP contribution in [0, 0.1) is 0 Å². The Morgan fingerprint density at radius 1 is 1.39 bits per heavy atom. The van der Waals surface area contributed by atoms with E-state index in [0.29, 0.717) is 11.7 Å². The number of anilines is 2. The number of primary amides is 1. The Labute approximate surface area is 105 Å². The zero-order chi connectivity index (χ0) is 13.1. The molecule has 0 saturated heterocycles. The quantitative estimate of drug-likeness (QED) is 0.772. The molecule has 1 amide bonds. The fourth-order valence-corrected chi connectivity index (χ4v) is 1.64. The average Bonchev–Trinajstić information content (AvgIpc) is 2.78. The van der Waals surface area contributed by atoms with E-state index in [1.54, 1.807) is 6.07 Å². The highest BCUT2D eigenvalue weighted by atomic mass is 16.1. The van der Waals surface area contributed by atoms with Crippen LogP contribution in [0.25, 0.3) is 0 Å². The summed E-state index contributed by atoms with van der Waals surface area (Å²) in [5.74, 6) is 0.517. The van der Waals surface area contributed by atoms with E-state index in [4.69, 9.17) is 5.73 Å². The highest BCUT2D eigenvalue weighted by Gasteiger charge is 2.06. The number of hydrogen-bond donors (Lipinski definition) is 3. The van der Waals surface area contributed by atoms with Gasteiger partial charge in [-0.05, 0) is 23.6 Å². The van der Waals surface area contributed by atoms with Gasteiger partial charge < -0.3 is 11.1 Å². The first-order valence-electron chi connectivity index (χ1n) is 5.78. The van der Waals surface area contributed by atoms with Crippen molar-refractivity contribution in [1.82, 2.24) is 10.2 Å². The molecule has 0 aliphatic heterocycles. The van der Waals surface area contributed by atoms with E-state index in [1.807, 2.05) is 12.1 Å². The fourth-order valence-electron chi connectivity index (χ4n) is 1.64. The molecular weight excluding hydrogens is 228 g/mol. The molecule has 18 heavy (non-hydrogen) atoms. The van der Waals surface area contributed by atoms with Gasteiger partial charge in [0.1, 0.15) is 5.69 Å². The summed E-state index contributed by atoms with van der Waals surface area (Å²) in [6, 6.07) is 9.66. The Bertz CT molecular complexity index is 560. The average molecular weight is 244 g/mol. The van der Waals surface area contributed by atoms with Crippen molar-refractivity contribution in [3.8, 4) is 0 Å². The number of H-pyrrole nitrogens is 1. The number of aromatic nitrogens is 2. The van der Waals surface area contributed by atoms with Crippen molar-refractivity contribution in [2.75, 3.05) is 5.32 Å². The summed E-state index contributed by atoms with van der Waals surface area (Å²) in [5, 5.41) is 9.67. The first kappa shape index (κ1) is 12.2. The Morgan fingerprint density at radius 3 is 2.78 bits per heavy atom. The van der Waals surface area contributed by atoms with Crippen LogP contribution in [-0.2, 0) is 0 Å². The third kappa shape index (κ3) is 2.68. The van der Waals surface area contributed by atoms with Gasteiger partial charge in [-0.3, -0.25) is 9.89 Å². The zero-order valence-corrected chi connectivity index (χ0v) is 10.4. The van der Waals surface area contributed by atoms with Crippen molar-refractivity contribution < 1.29 is 4.79 Å². The number of benzene rings is 1. The van der Waals surface area contributed by atoms with E-state index in [9.17, 15) is 4.79 Å². The molecule has 5 nitrogen and oxygen atoms in total. The maximum absolute atomic E-state index is 10.9. The molecule has 1 aromatic carbocycles. The van der Waals surface area contributed by atoms with Crippen LogP contribution in [0.15, 0.2) is 30.3 Å². The van der Waals surface area contributed by atoms with Crippen LogP contribution in [0.1, 0.15) is 35.8 Å². The van der Waals surface area contributed by atoms with Crippen molar-refractivity contribution in [2.45, 2.75) is 19.8 Å². The van der Waals surface area contributed by atoms with E-state index in [1.165, 1.54) is 5.56 Å². The molecule has 0 radical (unpaired) electrons. The fraction of sp³-hybridized carbons (Fsp3) is 0.231. The molecule has 0 aliphatic carbocycles. The summed E-state index contributed by atoms with van der Waals surface area (Å²) >= 11 is 0. The van der Waals surface area contributed by atoms with Crippen LogP contribution >= 0.6 is 0 Å². The largest absolute Gasteiger partial charge is 0.364 e. The molecule has 0 unspecified atom stereocenters. The predicted octanol–water partition coefficient (Wildman–Crippen LogP) is 2.38. The lowest BCUT2D eigenvalue weighted by atomic mass is 10.0. The van der Waals surface area contributed by atoms with Crippen molar-refractivity contribution in [1.29, 1.82) is 0 Å². The highest BCUT2D eigenvalue weighted by Crippen LogP contribution is 2.21. The molecule has 0 atom stereocenters. The number of nitrogens with two attached hydrogens (primary N) is 1. The van der Waals surface area contributed by atoms with E-state index in [0.717, 1.165) is 5.69 Å². The first-order valence-corrected chi connectivity index (χ1v) is 5.78. The topological polar surface area (TPSA) is 83.8 Å². The summed E-state index contributed by atoms with van der Waals surface area (Å²) < 4.78 is 0. The van der Waals surface area contributed by atoms with E-state index in [-0.39, 0.29) is 5.69 Å². The van der Waals surface area contributed by atoms with Gasteiger partial charge in [-0.25, -0.2) is 0 Å². The second-order valence-corrected chi connectivity index (χ2v) is 4.44. The molecule has 2 rings (SSSR count). The smallest absolute Gasteiger partial charge is 0.266 e. The van der Waals surface area contributed by atoms with Crippen LogP contribution in [0.3, 0.4) is 0 Å². The van der Waals surface area contributed by atoms with E-state index >= 15 is 0 Å². The first-order chi connectivity index (χ1) is 8.56. The second kappa shape index (κ2) is 4.91. The van der Waals surface area contributed by atoms with Gasteiger partial charge in [-0.2, -0.15) is 5.10 Å². The van der Waals surface area contributed by atoms with Crippen LogP contribution in [0.4, 0.5) is 11.5 Å². The third-order valence-electron chi connectivity index (χ3n) is 2.67. The van der Waals surface area contributed by atoms with Gasteiger partial charge >= 0.3 is 0 Å². The minimum Gasteiger partial charge on any atom is -0.364 e. The molecule has 4 N–H and O–H groups in total. The normalized spacial score (nSPS) is 10.6. The molecule has 0 fully saturated rings. The number of aromatic amines is 1. The van der Waals surface area contributed by atoms with Crippen LogP contribution < -0.4 is 11.1 Å². The van der Waals surface area contributed by atoms with Gasteiger partial charge in [0.05, 0.1) is 0 Å². The molecule has 94 valence electrons. The monoisotopic (exact) mass is 244 g/mol. The number of nitrogens with one attached hydrogen (secondary N) is 2. The Morgan fingerprint density at radius 2 is 2.17 bits per heavy atom. The van der Waals surface area contributed by atoms with Gasteiger partial charge in [0.25, 0.3) is 5.91 Å². The van der Waals surface area contributed by atoms with Gasteiger partial charge in [-0.15, -0.1) is 0 Å². The maximum atomic E-state index is 10.9. The van der Waals surface area contributed by atoms with Gasteiger partial charge in [0.15, 0.2) is 5.82 Å². The Kier molecular flexibility index (Phi) is 3.32. The SMILES string of the molecule is CC(C)c1cccc(Nc2cc(C(N)=O)[nH]n2)c1. The minimum atomic E-state index is -0.522. The molecule has 0 spiro atoms. The number of rotatable bonds is 4. The number of hydrogen-bond acceptors (Lipinski definition) is 3. The summed E-state index contributed by atoms with van der Waals surface area (Å²) in [6.45, 7) is 4.28. The highest BCUT2D eigenvalue weighted by molar-refractivity contribution is 5.91. The third-order valence-corrected chi connectivity index (χ3v) is 2.67. The summed E-state index contributed by atoms with van der Waals surface area (Å²) in [5.41, 5.74) is 7.61. The Hall–Kier alpha value is -2.30. The summed E-state index contributed by atoms with van der Waals surface area (Å²) in [7, 11) is 0. The summed E-state index contributed by atoms with van der Waals surface area (Å²) in [6.07, 6.45) is 0. The van der Waals surface area contributed by atoms with Crippen LogP contribution in [-0.4, -0.2) is 16.1 Å². The van der Waals surface area contributed by atoms with E-state index < -0.39 is 5.91 Å². The maximum Gasteiger partial charge on any atom is 0.266 e. The van der Waals surface area contributed by atoms with Crippen molar-refractivity contribution >= 4 is 17.4 Å². The van der Waals surface area contributed by atoms with Crippen LogP contribution in [0.5, 0.6) is 0 Å². The number of carbonyl (C=O) groups is 1. The molecule has 1 aromatic heterocycles. The molecule has 0 bridgehead atoms. The standard InChI is InChI=1S/C13H16N4O/c1-8(2)9-4-3-5-10(6-9)15-12-7-11(13(14)18)16-17-12/h3-8H,1-2H3,(H2,14,18)(H2,15,16,17). The molecule has 5 heteroatoms. The van der Waals surface area contributed by atoms with Crippen LogP contribution in [0.2, 0.25) is 0 Å². The molecule has 0 saturated carbocycles. The lowest BCUT2D eigenvalue weighted by Gasteiger charge is -2.08. The number of carbonyl (C=O) groups excluding carboxylic acids is 1. The van der Waals surface area contributed by atoms with Gasteiger partial charge in [0.2, 0.25) is 0 Å². The molecular formula is C13H16N4O. The minimum absolute atomic E-state index is 0.289. The number of amides is 1. The van der Waals surface area contributed by atoms with Crippen molar-refractivity contribution in [3.63, 3.8) is 0 Å². The number of nitrogens with zero attached hydrogens (tertiary/aromatic N) is 1. The predicted molar refractivity (Wildman–Crippen MR) is 70.9 cm³/mol. The van der Waals surface area contributed by atoms with Gasteiger partial charge in [-0.1, -0.05) is 26.0 Å². The van der Waals surface area contributed by atoms with Crippen molar-refractivity contribution in [2.24, 2.45) is 5.73 Å².